The molecular weight excluding hydrogens is 290 g/mol. The summed E-state index contributed by atoms with van der Waals surface area (Å²) in [5.74, 6) is 2.16. The lowest BCUT2D eigenvalue weighted by atomic mass is 10.1. The molecule has 2 N–H and O–H groups in total. The average Bonchev–Trinajstić information content (AvgIpc) is 3.08. The predicted octanol–water partition coefficient (Wildman–Crippen LogP) is 3.17. The van der Waals surface area contributed by atoms with Crippen LogP contribution in [0.5, 0.6) is 11.5 Å². The molecule has 1 saturated carbocycles. The van der Waals surface area contributed by atoms with Crippen LogP contribution in [0.1, 0.15) is 45.1 Å². The van der Waals surface area contributed by atoms with Crippen molar-refractivity contribution in [3.8, 4) is 11.5 Å². The van der Waals surface area contributed by atoms with Gasteiger partial charge in [-0.1, -0.05) is 12.1 Å². The number of benzene rings is 1. The molecule has 0 aliphatic heterocycles. The molecule has 1 aliphatic rings. The Balaban J connectivity index is 2.18. The molecule has 0 radical (unpaired) electrons. The largest absolute Gasteiger partial charge is 0.493 e. The van der Waals surface area contributed by atoms with Gasteiger partial charge in [-0.3, -0.25) is 0 Å². The highest BCUT2D eigenvalue weighted by atomic mass is 16.5. The van der Waals surface area contributed by atoms with Crippen molar-refractivity contribution in [2.45, 2.75) is 52.2 Å². The Morgan fingerprint density at radius 2 is 1.96 bits per heavy atom. The molecule has 5 heteroatoms. The lowest BCUT2D eigenvalue weighted by Crippen LogP contribution is -2.37. The van der Waals surface area contributed by atoms with E-state index in [2.05, 4.69) is 18.8 Å². The van der Waals surface area contributed by atoms with Crippen LogP contribution >= 0.6 is 0 Å². The Morgan fingerprint density at radius 3 is 2.57 bits per heavy atom. The van der Waals surface area contributed by atoms with Crippen LogP contribution in [0.25, 0.3) is 0 Å². The van der Waals surface area contributed by atoms with Crippen molar-refractivity contribution in [3.05, 3.63) is 23.8 Å². The molecule has 23 heavy (non-hydrogen) atoms. The van der Waals surface area contributed by atoms with Crippen molar-refractivity contribution in [3.63, 3.8) is 0 Å². The molecule has 0 spiro atoms. The quantitative estimate of drug-likeness (QED) is 0.619. The van der Waals surface area contributed by atoms with Gasteiger partial charge in [-0.15, -0.1) is 0 Å². The molecule has 0 atom stereocenters. The summed E-state index contributed by atoms with van der Waals surface area (Å²) in [5, 5.41) is 0. The maximum atomic E-state index is 6.23. The van der Waals surface area contributed by atoms with Gasteiger partial charge in [0.15, 0.2) is 17.5 Å². The maximum Gasteiger partial charge on any atom is 0.191 e. The SMILES string of the molecule is CCN(CC)C(N)=NCc1cccc(OC)c1OC1CCCC1. The van der Waals surface area contributed by atoms with E-state index in [0.717, 1.165) is 43.0 Å². The summed E-state index contributed by atoms with van der Waals surface area (Å²) in [6, 6.07) is 5.94. The summed E-state index contributed by atoms with van der Waals surface area (Å²) >= 11 is 0. The number of ether oxygens (including phenoxy) is 2. The second-order valence-electron chi connectivity index (χ2n) is 5.82. The second-order valence-corrected chi connectivity index (χ2v) is 5.82. The zero-order valence-electron chi connectivity index (χ0n) is 14.5. The third kappa shape index (κ3) is 4.53. The first-order chi connectivity index (χ1) is 11.2. The minimum Gasteiger partial charge on any atom is -0.493 e. The van der Waals surface area contributed by atoms with Gasteiger partial charge >= 0.3 is 0 Å². The molecule has 0 amide bonds. The van der Waals surface area contributed by atoms with Gasteiger partial charge in [-0.2, -0.15) is 0 Å². The normalized spacial score (nSPS) is 15.7. The summed E-state index contributed by atoms with van der Waals surface area (Å²) in [6.07, 6.45) is 4.99. The van der Waals surface area contributed by atoms with Crippen LogP contribution in [0.4, 0.5) is 0 Å². The fraction of sp³-hybridized carbons (Fsp3) is 0.611. The van der Waals surface area contributed by atoms with E-state index in [-0.39, 0.29) is 6.10 Å². The number of nitrogens with two attached hydrogens (primary N) is 1. The van der Waals surface area contributed by atoms with Crippen LogP contribution in [-0.4, -0.2) is 37.2 Å². The molecule has 0 bridgehead atoms. The number of rotatable bonds is 7. The zero-order chi connectivity index (χ0) is 16.7. The molecule has 1 aromatic rings. The zero-order valence-corrected chi connectivity index (χ0v) is 14.5. The van der Waals surface area contributed by atoms with Crippen molar-refractivity contribution in [1.82, 2.24) is 4.90 Å². The second kappa shape index (κ2) is 8.65. The fourth-order valence-electron chi connectivity index (χ4n) is 2.97. The standard InChI is InChI=1S/C18H29N3O2/c1-4-21(5-2)18(19)20-13-14-9-8-12-16(22-3)17(14)23-15-10-6-7-11-15/h8-9,12,15H,4-7,10-11,13H2,1-3H3,(H2,19,20). The van der Waals surface area contributed by atoms with E-state index in [0.29, 0.717) is 12.5 Å². The maximum absolute atomic E-state index is 6.23. The predicted molar refractivity (Wildman–Crippen MR) is 94.1 cm³/mol. The lowest BCUT2D eigenvalue weighted by molar-refractivity contribution is 0.198. The number of aliphatic imine (C=N–C) groups is 1. The first-order valence-electron chi connectivity index (χ1n) is 8.57. The fourth-order valence-corrected chi connectivity index (χ4v) is 2.97. The van der Waals surface area contributed by atoms with Gasteiger partial charge in [-0.25, -0.2) is 4.99 Å². The molecular formula is C18H29N3O2. The molecule has 0 heterocycles. The molecule has 0 unspecified atom stereocenters. The van der Waals surface area contributed by atoms with Crippen LogP contribution < -0.4 is 15.2 Å². The summed E-state index contributed by atoms with van der Waals surface area (Å²) in [5.41, 5.74) is 7.09. The topological polar surface area (TPSA) is 60.1 Å². The van der Waals surface area contributed by atoms with Crippen molar-refractivity contribution in [1.29, 1.82) is 0 Å². The molecule has 2 rings (SSSR count). The number of hydrogen-bond acceptors (Lipinski definition) is 3. The van der Waals surface area contributed by atoms with Crippen LogP contribution in [-0.2, 0) is 6.54 Å². The van der Waals surface area contributed by atoms with E-state index in [1.54, 1.807) is 7.11 Å². The van der Waals surface area contributed by atoms with Gasteiger partial charge in [-0.05, 0) is 45.6 Å². The monoisotopic (exact) mass is 319 g/mol. The van der Waals surface area contributed by atoms with E-state index in [9.17, 15) is 0 Å². The summed E-state index contributed by atoms with van der Waals surface area (Å²) < 4.78 is 11.7. The average molecular weight is 319 g/mol. The van der Waals surface area contributed by atoms with Gasteiger partial charge in [0.25, 0.3) is 0 Å². The number of methoxy groups -OCH3 is 1. The van der Waals surface area contributed by atoms with E-state index in [1.807, 2.05) is 23.1 Å². The smallest absolute Gasteiger partial charge is 0.191 e. The minimum atomic E-state index is 0.286. The van der Waals surface area contributed by atoms with Gasteiger partial charge in [0.1, 0.15) is 0 Å². The summed E-state index contributed by atoms with van der Waals surface area (Å²) in [7, 11) is 1.67. The number of nitrogens with zero attached hydrogens (tertiary/aromatic N) is 2. The van der Waals surface area contributed by atoms with Gasteiger partial charge in [0, 0.05) is 18.7 Å². The highest BCUT2D eigenvalue weighted by molar-refractivity contribution is 5.78. The Hall–Kier alpha value is -1.91. The van der Waals surface area contributed by atoms with E-state index >= 15 is 0 Å². The molecule has 5 nitrogen and oxygen atoms in total. The van der Waals surface area contributed by atoms with Gasteiger partial charge < -0.3 is 20.1 Å². The Kier molecular flexibility index (Phi) is 6.56. The van der Waals surface area contributed by atoms with Crippen LogP contribution in [0.3, 0.4) is 0 Å². The highest BCUT2D eigenvalue weighted by Crippen LogP contribution is 2.35. The van der Waals surface area contributed by atoms with Crippen LogP contribution in [0.15, 0.2) is 23.2 Å². The first-order valence-corrected chi connectivity index (χ1v) is 8.57. The van der Waals surface area contributed by atoms with Gasteiger partial charge in [0.05, 0.1) is 19.8 Å². The number of guanidine groups is 1. The summed E-state index contributed by atoms with van der Waals surface area (Å²) in [4.78, 5) is 6.57. The Bertz CT molecular complexity index is 521. The minimum absolute atomic E-state index is 0.286. The molecule has 1 aliphatic carbocycles. The third-order valence-electron chi connectivity index (χ3n) is 4.37. The molecule has 1 aromatic carbocycles. The van der Waals surface area contributed by atoms with E-state index in [1.165, 1.54) is 12.8 Å². The Labute approximate surface area is 139 Å². The first kappa shape index (κ1) is 17.4. The van der Waals surface area contributed by atoms with Crippen LogP contribution in [0.2, 0.25) is 0 Å². The van der Waals surface area contributed by atoms with Crippen molar-refractivity contribution in [2.24, 2.45) is 10.7 Å². The van der Waals surface area contributed by atoms with Gasteiger partial charge in [0.2, 0.25) is 0 Å². The molecule has 1 fully saturated rings. The summed E-state index contributed by atoms with van der Waals surface area (Å²) in [6.45, 7) is 6.37. The van der Waals surface area contributed by atoms with E-state index in [4.69, 9.17) is 15.2 Å². The van der Waals surface area contributed by atoms with E-state index < -0.39 is 0 Å². The molecule has 0 saturated heterocycles. The van der Waals surface area contributed by atoms with Crippen molar-refractivity contribution < 1.29 is 9.47 Å². The lowest BCUT2D eigenvalue weighted by Gasteiger charge is -2.21. The highest BCUT2D eigenvalue weighted by Gasteiger charge is 2.20. The Morgan fingerprint density at radius 1 is 1.26 bits per heavy atom. The molecule has 128 valence electrons. The number of para-hydroxylation sites is 1. The van der Waals surface area contributed by atoms with Crippen LogP contribution in [0, 0.1) is 0 Å². The third-order valence-corrected chi connectivity index (χ3v) is 4.37. The van der Waals surface area contributed by atoms with Crippen molar-refractivity contribution in [2.75, 3.05) is 20.2 Å². The molecule has 0 aromatic heterocycles. The van der Waals surface area contributed by atoms with Crippen molar-refractivity contribution >= 4 is 5.96 Å². The number of hydrogen-bond donors (Lipinski definition) is 1.